The summed E-state index contributed by atoms with van der Waals surface area (Å²) in [4.78, 5) is 0. The molecule has 0 spiro atoms. The molecule has 1 aromatic carbocycles. The van der Waals surface area contributed by atoms with E-state index in [0.717, 1.165) is 11.3 Å². The fourth-order valence-electron chi connectivity index (χ4n) is 1.88. The highest BCUT2D eigenvalue weighted by Crippen LogP contribution is 2.22. The summed E-state index contributed by atoms with van der Waals surface area (Å²) in [5.41, 5.74) is 1.87. The number of nitrogens with one attached hydrogen (secondary N) is 1. The van der Waals surface area contributed by atoms with E-state index in [4.69, 9.17) is 0 Å². The second-order valence-corrected chi connectivity index (χ2v) is 5.14. The summed E-state index contributed by atoms with van der Waals surface area (Å²) in [7, 11) is 1.84. The van der Waals surface area contributed by atoms with Crippen molar-refractivity contribution in [3.8, 4) is 0 Å². The summed E-state index contributed by atoms with van der Waals surface area (Å²) in [5, 5.41) is 7.29. The van der Waals surface area contributed by atoms with Crippen molar-refractivity contribution < 1.29 is 8.78 Å². The Hall–Kier alpha value is -1.27. The van der Waals surface area contributed by atoms with Crippen LogP contribution in [0.15, 0.2) is 22.8 Å². The molecule has 0 radical (unpaired) electrons. The van der Waals surface area contributed by atoms with E-state index in [-0.39, 0.29) is 16.6 Å². The fraction of sp³-hybridized carbons (Fsp3) is 0.308. The Morgan fingerprint density at radius 3 is 2.79 bits per heavy atom. The highest BCUT2D eigenvalue weighted by molar-refractivity contribution is 9.10. The van der Waals surface area contributed by atoms with Crippen LogP contribution in [-0.2, 0) is 13.1 Å². The minimum Gasteiger partial charge on any atom is -0.316 e. The number of aromatic nitrogens is 2. The Balaban J connectivity index is 2.31. The van der Waals surface area contributed by atoms with Crippen molar-refractivity contribution in [2.24, 2.45) is 0 Å². The predicted octanol–water partition coefficient (Wildman–Crippen LogP) is 3.00. The van der Waals surface area contributed by atoms with Crippen LogP contribution in [0.1, 0.15) is 16.8 Å². The van der Waals surface area contributed by atoms with Gasteiger partial charge < -0.3 is 5.32 Å². The highest BCUT2D eigenvalue weighted by Gasteiger charge is 2.14. The van der Waals surface area contributed by atoms with Crippen LogP contribution < -0.4 is 5.32 Å². The molecule has 0 unspecified atom stereocenters. The largest absolute Gasteiger partial charge is 0.316 e. The van der Waals surface area contributed by atoms with E-state index < -0.39 is 11.6 Å². The van der Waals surface area contributed by atoms with Gasteiger partial charge in [0.05, 0.1) is 16.7 Å². The molecule has 0 fully saturated rings. The number of hydrogen-bond donors (Lipinski definition) is 1. The van der Waals surface area contributed by atoms with E-state index in [2.05, 4.69) is 26.3 Å². The molecule has 0 bridgehead atoms. The maximum atomic E-state index is 13.9. The second kappa shape index (κ2) is 5.79. The maximum Gasteiger partial charge on any atom is 0.145 e. The molecule has 0 atom stereocenters. The van der Waals surface area contributed by atoms with Gasteiger partial charge in [-0.05, 0) is 42.0 Å². The first-order valence-corrected chi connectivity index (χ1v) is 6.62. The molecule has 0 saturated carbocycles. The summed E-state index contributed by atoms with van der Waals surface area (Å²) < 4.78 is 29.3. The molecule has 3 nitrogen and oxygen atoms in total. The van der Waals surface area contributed by atoms with Gasteiger partial charge >= 0.3 is 0 Å². The van der Waals surface area contributed by atoms with Crippen molar-refractivity contribution >= 4 is 15.9 Å². The standard InChI is InChI=1S/C13H14BrF2N3/c1-8-9(5-17-2)6-19(18-8)7-10-12(15)4-3-11(14)13(10)16/h3-4,6,17H,5,7H2,1-2H3. The predicted molar refractivity (Wildman–Crippen MR) is 72.9 cm³/mol. The number of benzene rings is 1. The second-order valence-electron chi connectivity index (χ2n) is 4.29. The minimum absolute atomic E-state index is 0.00730. The van der Waals surface area contributed by atoms with Crippen LogP contribution in [0.2, 0.25) is 0 Å². The van der Waals surface area contributed by atoms with Crippen molar-refractivity contribution in [2.45, 2.75) is 20.0 Å². The van der Waals surface area contributed by atoms with E-state index in [9.17, 15) is 8.78 Å². The van der Waals surface area contributed by atoms with E-state index >= 15 is 0 Å². The van der Waals surface area contributed by atoms with Gasteiger partial charge in [0.1, 0.15) is 11.6 Å². The number of hydrogen-bond acceptors (Lipinski definition) is 2. The average molecular weight is 330 g/mol. The zero-order valence-electron chi connectivity index (χ0n) is 10.7. The first-order valence-electron chi connectivity index (χ1n) is 5.82. The first kappa shape index (κ1) is 14.1. The van der Waals surface area contributed by atoms with Crippen molar-refractivity contribution in [3.05, 3.63) is 51.3 Å². The molecule has 102 valence electrons. The summed E-state index contributed by atoms with van der Waals surface area (Å²) in [6.07, 6.45) is 1.80. The van der Waals surface area contributed by atoms with Crippen LogP contribution in [0.5, 0.6) is 0 Å². The van der Waals surface area contributed by atoms with Crippen LogP contribution in [0, 0.1) is 18.6 Å². The molecular weight excluding hydrogens is 316 g/mol. The molecule has 6 heteroatoms. The average Bonchev–Trinajstić information content (AvgIpc) is 2.71. The Labute approximate surface area is 118 Å². The molecular formula is C13H14BrF2N3. The minimum atomic E-state index is -0.580. The molecule has 0 aliphatic rings. The van der Waals surface area contributed by atoms with Crippen LogP contribution in [-0.4, -0.2) is 16.8 Å². The molecule has 1 heterocycles. The van der Waals surface area contributed by atoms with Crippen LogP contribution in [0.4, 0.5) is 8.78 Å². The SMILES string of the molecule is CNCc1cn(Cc2c(F)ccc(Br)c2F)nc1C. The van der Waals surface area contributed by atoms with Crippen molar-refractivity contribution in [3.63, 3.8) is 0 Å². The van der Waals surface area contributed by atoms with E-state index in [0.29, 0.717) is 6.54 Å². The summed E-state index contributed by atoms with van der Waals surface area (Å²) in [6, 6.07) is 2.60. The number of rotatable bonds is 4. The molecule has 19 heavy (non-hydrogen) atoms. The lowest BCUT2D eigenvalue weighted by Crippen LogP contribution is -2.06. The normalized spacial score (nSPS) is 11.0. The van der Waals surface area contributed by atoms with Crippen LogP contribution in [0.3, 0.4) is 0 Å². The van der Waals surface area contributed by atoms with Crippen molar-refractivity contribution in [1.82, 2.24) is 15.1 Å². The molecule has 0 aliphatic heterocycles. The topological polar surface area (TPSA) is 29.9 Å². The van der Waals surface area contributed by atoms with Crippen LogP contribution >= 0.6 is 15.9 Å². The Morgan fingerprint density at radius 1 is 1.37 bits per heavy atom. The van der Waals surface area contributed by atoms with Crippen molar-refractivity contribution in [2.75, 3.05) is 7.05 Å². The van der Waals surface area contributed by atoms with Gasteiger partial charge in [0, 0.05) is 23.9 Å². The molecule has 0 saturated heterocycles. The van der Waals surface area contributed by atoms with Gasteiger partial charge in [-0.1, -0.05) is 0 Å². The Morgan fingerprint density at radius 2 is 2.11 bits per heavy atom. The Bertz CT molecular complexity index is 596. The number of halogens is 3. The van der Waals surface area contributed by atoms with E-state index in [1.165, 1.54) is 12.1 Å². The molecule has 2 aromatic rings. The molecule has 1 aromatic heterocycles. The van der Waals surface area contributed by atoms with Gasteiger partial charge in [-0.2, -0.15) is 5.10 Å². The smallest absolute Gasteiger partial charge is 0.145 e. The summed E-state index contributed by atoms with van der Waals surface area (Å²) in [5.74, 6) is -1.15. The van der Waals surface area contributed by atoms with E-state index in [1.807, 2.05) is 14.0 Å². The first-order chi connectivity index (χ1) is 9.02. The third-order valence-corrected chi connectivity index (χ3v) is 3.49. The maximum absolute atomic E-state index is 13.9. The van der Waals surface area contributed by atoms with Gasteiger partial charge in [-0.25, -0.2) is 8.78 Å². The third-order valence-electron chi connectivity index (χ3n) is 2.87. The lowest BCUT2D eigenvalue weighted by molar-refractivity contribution is 0.528. The third kappa shape index (κ3) is 3.01. The summed E-state index contributed by atoms with van der Waals surface area (Å²) in [6.45, 7) is 2.62. The van der Waals surface area contributed by atoms with Crippen LogP contribution in [0.25, 0.3) is 0 Å². The quantitative estimate of drug-likeness (QED) is 0.874. The molecule has 1 N–H and O–H groups in total. The highest BCUT2D eigenvalue weighted by atomic mass is 79.9. The van der Waals surface area contributed by atoms with Gasteiger partial charge in [0.25, 0.3) is 0 Å². The van der Waals surface area contributed by atoms with Gasteiger partial charge in [0.15, 0.2) is 0 Å². The number of nitrogens with zero attached hydrogens (tertiary/aromatic N) is 2. The molecule has 0 amide bonds. The number of aryl methyl sites for hydroxylation is 1. The lowest BCUT2D eigenvalue weighted by Gasteiger charge is -2.06. The molecule has 0 aliphatic carbocycles. The lowest BCUT2D eigenvalue weighted by atomic mass is 10.2. The summed E-state index contributed by atoms with van der Waals surface area (Å²) >= 11 is 3.06. The van der Waals surface area contributed by atoms with E-state index in [1.54, 1.807) is 10.9 Å². The zero-order chi connectivity index (χ0) is 14.0. The van der Waals surface area contributed by atoms with Gasteiger partial charge in [0.2, 0.25) is 0 Å². The monoisotopic (exact) mass is 329 g/mol. The zero-order valence-corrected chi connectivity index (χ0v) is 12.3. The van der Waals surface area contributed by atoms with Gasteiger partial charge in [-0.3, -0.25) is 4.68 Å². The van der Waals surface area contributed by atoms with Crippen molar-refractivity contribution in [1.29, 1.82) is 0 Å². The molecule has 2 rings (SSSR count). The Kier molecular flexibility index (Phi) is 4.31. The fourth-order valence-corrected chi connectivity index (χ4v) is 2.25. The van der Waals surface area contributed by atoms with Gasteiger partial charge in [-0.15, -0.1) is 0 Å².